The normalized spacial score (nSPS) is 25.4. The lowest BCUT2D eigenvalue weighted by Gasteiger charge is -2.32. The Hall–Kier alpha value is -0.0800. The molecule has 2 heteroatoms. The Balaban J connectivity index is 1.51. The second-order valence-electron chi connectivity index (χ2n) is 5.55. The van der Waals surface area contributed by atoms with E-state index in [1.165, 1.54) is 44.9 Å². The highest BCUT2D eigenvalue weighted by Gasteiger charge is 2.28. The molecule has 2 N–H and O–H groups in total. The van der Waals surface area contributed by atoms with Gasteiger partial charge in [0.05, 0.1) is 5.60 Å². The first-order valence-electron chi connectivity index (χ1n) is 6.72. The standard InChI is InChI=1S/C13H25NO/c15-13(8-2-1-3-9-13)11-14-10-4-5-12-6-7-12/h12,14-15H,1-11H2. The molecule has 0 aliphatic heterocycles. The molecule has 88 valence electrons. The van der Waals surface area contributed by atoms with E-state index in [0.717, 1.165) is 31.8 Å². The van der Waals surface area contributed by atoms with Crippen LogP contribution in [0.15, 0.2) is 0 Å². The summed E-state index contributed by atoms with van der Waals surface area (Å²) in [5.41, 5.74) is -0.377. The van der Waals surface area contributed by atoms with Crippen LogP contribution < -0.4 is 5.32 Å². The fourth-order valence-electron chi connectivity index (χ4n) is 2.63. The van der Waals surface area contributed by atoms with Crippen molar-refractivity contribution in [3.63, 3.8) is 0 Å². The van der Waals surface area contributed by atoms with Crippen molar-refractivity contribution in [1.29, 1.82) is 0 Å². The molecular weight excluding hydrogens is 186 g/mol. The first kappa shape index (κ1) is 11.4. The highest BCUT2D eigenvalue weighted by atomic mass is 16.3. The maximum absolute atomic E-state index is 10.2. The van der Waals surface area contributed by atoms with Crippen LogP contribution in [-0.4, -0.2) is 23.8 Å². The highest BCUT2D eigenvalue weighted by molar-refractivity contribution is 4.84. The third kappa shape index (κ3) is 4.12. The monoisotopic (exact) mass is 211 g/mol. The lowest BCUT2D eigenvalue weighted by molar-refractivity contribution is 0.00503. The Kier molecular flexibility index (Phi) is 4.04. The minimum Gasteiger partial charge on any atom is -0.389 e. The molecule has 0 radical (unpaired) electrons. The van der Waals surface area contributed by atoms with E-state index in [4.69, 9.17) is 0 Å². The molecule has 15 heavy (non-hydrogen) atoms. The predicted molar refractivity (Wildman–Crippen MR) is 62.9 cm³/mol. The summed E-state index contributed by atoms with van der Waals surface area (Å²) in [7, 11) is 0. The number of rotatable bonds is 6. The maximum atomic E-state index is 10.2. The van der Waals surface area contributed by atoms with Gasteiger partial charge < -0.3 is 10.4 Å². The second-order valence-corrected chi connectivity index (χ2v) is 5.55. The topological polar surface area (TPSA) is 32.3 Å². The van der Waals surface area contributed by atoms with Crippen LogP contribution in [0.5, 0.6) is 0 Å². The van der Waals surface area contributed by atoms with Gasteiger partial charge in [-0.25, -0.2) is 0 Å². The SMILES string of the molecule is OC1(CNCCCC2CC2)CCCCC1. The van der Waals surface area contributed by atoms with Gasteiger partial charge in [-0.1, -0.05) is 32.1 Å². The Labute approximate surface area is 93.5 Å². The van der Waals surface area contributed by atoms with Crippen LogP contribution in [0.4, 0.5) is 0 Å². The molecule has 0 aromatic rings. The molecular formula is C13H25NO. The van der Waals surface area contributed by atoms with Crippen molar-refractivity contribution < 1.29 is 5.11 Å². The number of hydrogen-bond donors (Lipinski definition) is 2. The number of aliphatic hydroxyl groups is 1. The van der Waals surface area contributed by atoms with E-state index in [2.05, 4.69) is 5.32 Å². The molecule has 0 amide bonds. The zero-order valence-corrected chi connectivity index (χ0v) is 9.80. The van der Waals surface area contributed by atoms with Crippen LogP contribution in [0.3, 0.4) is 0 Å². The number of hydrogen-bond acceptors (Lipinski definition) is 2. The van der Waals surface area contributed by atoms with Crippen molar-refractivity contribution in [2.75, 3.05) is 13.1 Å². The predicted octanol–water partition coefficient (Wildman–Crippen LogP) is 2.46. The van der Waals surface area contributed by atoms with Gasteiger partial charge in [-0.15, -0.1) is 0 Å². The summed E-state index contributed by atoms with van der Waals surface area (Å²) in [5, 5.41) is 13.7. The zero-order valence-electron chi connectivity index (χ0n) is 9.80. The lowest BCUT2D eigenvalue weighted by atomic mass is 9.85. The third-order valence-corrected chi connectivity index (χ3v) is 3.90. The highest BCUT2D eigenvalue weighted by Crippen LogP contribution is 2.33. The van der Waals surface area contributed by atoms with Crippen molar-refractivity contribution in [2.24, 2.45) is 5.92 Å². The van der Waals surface area contributed by atoms with E-state index in [1.54, 1.807) is 0 Å². The smallest absolute Gasteiger partial charge is 0.0771 e. The van der Waals surface area contributed by atoms with E-state index in [0.29, 0.717) is 0 Å². The molecule has 0 bridgehead atoms. The van der Waals surface area contributed by atoms with E-state index in [1.807, 2.05) is 0 Å². The molecule has 2 aliphatic carbocycles. The summed E-state index contributed by atoms with van der Waals surface area (Å²) in [6.45, 7) is 1.91. The first-order valence-corrected chi connectivity index (χ1v) is 6.72. The summed E-state index contributed by atoms with van der Waals surface area (Å²) in [6.07, 6.45) is 11.3. The van der Waals surface area contributed by atoms with Crippen LogP contribution in [0.2, 0.25) is 0 Å². The molecule has 0 spiro atoms. The van der Waals surface area contributed by atoms with Crippen LogP contribution in [0.1, 0.15) is 57.8 Å². The van der Waals surface area contributed by atoms with E-state index in [9.17, 15) is 5.11 Å². The van der Waals surface area contributed by atoms with Gasteiger partial charge in [0.1, 0.15) is 0 Å². The van der Waals surface area contributed by atoms with Crippen molar-refractivity contribution in [1.82, 2.24) is 5.32 Å². The van der Waals surface area contributed by atoms with Gasteiger partial charge in [0.15, 0.2) is 0 Å². The number of nitrogens with one attached hydrogen (secondary N) is 1. The van der Waals surface area contributed by atoms with Gasteiger partial charge in [-0.3, -0.25) is 0 Å². The zero-order chi connectivity index (χ0) is 10.6. The average molecular weight is 211 g/mol. The van der Waals surface area contributed by atoms with E-state index in [-0.39, 0.29) is 5.60 Å². The summed E-state index contributed by atoms with van der Waals surface area (Å²) in [5.74, 6) is 1.05. The average Bonchev–Trinajstić information content (AvgIpc) is 3.02. The minimum atomic E-state index is -0.377. The largest absolute Gasteiger partial charge is 0.389 e. The van der Waals surface area contributed by atoms with Crippen LogP contribution in [-0.2, 0) is 0 Å². The summed E-state index contributed by atoms with van der Waals surface area (Å²) in [6, 6.07) is 0. The molecule has 2 rings (SSSR count). The molecule has 2 fully saturated rings. The first-order chi connectivity index (χ1) is 7.29. The molecule has 0 aromatic carbocycles. The Morgan fingerprint density at radius 2 is 1.87 bits per heavy atom. The Bertz CT molecular complexity index is 183. The Morgan fingerprint density at radius 1 is 1.13 bits per heavy atom. The van der Waals surface area contributed by atoms with Crippen molar-refractivity contribution >= 4 is 0 Å². The fraction of sp³-hybridized carbons (Fsp3) is 1.00. The molecule has 0 atom stereocenters. The van der Waals surface area contributed by atoms with Gasteiger partial charge in [0.2, 0.25) is 0 Å². The van der Waals surface area contributed by atoms with Gasteiger partial charge in [0, 0.05) is 6.54 Å². The van der Waals surface area contributed by atoms with Gasteiger partial charge in [-0.05, 0) is 38.1 Å². The summed E-state index contributed by atoms with van der Waals surface area (Å²) < 4.78 is 0. The van der Waals surface area contributed by atoms with E-state index >= 15 is 0 Å². The minimum absolute atomic E-state index is 0.377. The molecule has 2 saturated carbocycles. The fourth-order valence-corrected chi connectivity index (χ4v) is 2.63. The molecule has 0 saturated heterocycles. The lowest BCUT2D eigenvalue weighted by Crippen LogP contribution is -2.42. The molecule has 2 aliphatic rings. The van der Waals surface area contributed by atoms with Gasteiger partial charge in [0.25, 0.3) is 0 Å². The molecule has 0 unspecified atom stereocenters. The summed E-state index contributed by atoms with van der Waals surface area (Å²) >= 11 is 0. The second kappa shape index (κ2) is 5.31. The molecule has 2 nitrogen and oxygen atoms in total. The molecule has 0 heterocycles. The van der Waals surface area contributed by atoms with Gasteiger partial charge >= 0.3 is 0 Å². The maximum Gasteiger partial charge on any atom is 0.0771 e. The van der Waals surface area contributed by atoms with Gasteiger partial charge in [-0.2, -0.15) is 0 Å². The third-order valence-electron chi connectivity index (χ3n) is 3.90. The van der Waals surface area contributed by atoms with Crippen molar-refractivity contribution in [3.05, 3.63) is 0 Å². The van der Waals surface area contributed by atoms with Crippen LogP contribution in [0, 0.1) is 5.92 Å². The molecule has 0 aromatic heterocycles. The van der Waals surface area contributed by atoms with Crippen LogP contribution >= 0.6 is 0 Å². The van der Waals surface area contributed by atoms with E-state index < -0.39 is 0 Å². The van der Waals surface area contributed by atoms with Crippen LogP contribution in [0.25, 0.3) is 0 Å². The quantitative estimate of drug-likeness (QED) is 0.661. The van der Waals surface area contributed by atoms with Crippen molar-refractivity contribution in [2.45, 2.75) is 63.4 Å². The Morgan fingerprint density at radius 3 is 2.53 bits per heavy atom. The summed E-state index contributed by atoms with van der Waals surface area (Å²) in [4.78, 5) is 0. The van der Waals surface area contributed by atoms with Crippen molar-refractivity contribution in [3.8, 4) is 0 Å².